The number of nitrogens with zero attached hydrogens (tertiary/aromatic N) is 1. The molecule has 100 valence electrons. The van der Waals surface area contributed by atoms with Crippen molar-refractivity contribution in [2.45, 2.75) is 39.3 Å². The van der Waals surface area contributed by atoms with Crippen LogP contribution in [0.3, 0.4) is 0 Å². The molecule has 4 heteroatoms. The molecule has 0 radical (unpaired) electrons. The van der Waals surface area contributed by atoms with E-state index in [0.29, 0.717) is 6.61 Å². The molecule has 0 unspecified atom stereocenters. The van der Waals surface area contributed by atoms with Crippen LogP contribution < -0.4 is 10.6 Å². The van der Waals surface area contributed by atoms with E-state index >= 15 is 0 Å². The molecule has 18 heavy (non-hydrogen) atoms. The van der Waals surface area contributed by atoms with Gasteiger partial charge < -0.3 is 15.4 Å². The maximum absolute atomic E-state index is 5.07. The molecular formula is C14H23N3O. The maximum atomic E-state index is 5.07. The Morgan fingerprint density at radius 2 is 2.17 bits per heavy atom. The highest BCUT2D eigenvalue weighted by molar-refractivity contribution is 5.49. The Morgan fingerprint density at radius 1 is 1.39 bits per heavy atom. The number of hydrogen-bond donors (Lipinski definition) is 2. The summed E-state index contributed by atoms with van der Waals surface area (Å²) < 4.78 is 5.07. The summed E-state index contributed by atoms with van der Waals surface area (Å²) in [4.78, 5) is 4.60. The Labute approximate surface area is 109 Å². The molecule has 0 amide bonds. The maximum Gasteiger partial charge on any atom is 0.131 e. The highest BCUT2D eigenvalue weighted by Crippen LogP contribution is 2.23. The van der Waals surface area contributed by atoms with Gasteiger partial charge in [0, 0.05) is 37.5 Å². The fourth-order valence-electron chi connectivity index (χ4n) is 2.04. The van der Waals surface area contributed by atoms with Crippen molar-refractivity contribution in [3.05, 3.63) is 22.9 Å². The van der Waals surface area contributed by atoms with Crippen molar-refractivity contribution in [2.75, 3.05) is 25.6 Å². The van der Waals surface area contributed by atoms with Crippen molar-refractivity contribution in [3.8, 4) is 0 Å². The van der Waals surface area contributed by atoms with Crippen LogP contribution in [0.2, 0.25) is 0 Å². The van der Waals surface area contributed by atoms with Crippen molar-refractivity contribution in [3.63, 3.8) is 0 Å². The first-order chi connectivity index (χ1) is 8.70. The molecule has 0 bridgehead atoms. The number of pyridine rings is 1. The third kappa shape index (κ3) is 3.68. The van der Waals surface area contributed by atoms with E-state index in [1.807, 2.05) is 6.92 Å². The average molecular weight is 249 g/mol. The molecule has 0 aliphatic heterocycles. The second-order valence-corrected chi connectivity index (χ2v) is 4.98. The van der Waals surface area contributed by atoms with Crippen LogP contribution in [0.15, 0.2) is 6.07 Å². The van der Waals surface area contributed by atoms with Gasteiger partial charge in [0.15, 0.2) is 0 Å². The van der Waals surface area contributed by atoms with E-state index in [1.54, 1.807) is 7.11 Å². The van der Waals surface area contributed by atoms with E-state index in [1.165, 1.54) is 24.0 Å². The number of methoxy groups -OCH3 is 1. The average Bonchev–Trinajstić information content (AvgIpc) is 3.12. The van der Waals surface area contributed by atoms with E-state index in [0.717, 1.165) is 30.6 Å². The first kappa shape index (κ1) is 13.3. The molecule has 1 heterocycles. The van der Waals surface area contributed by atoms with Crippen LogP contribution in [-0.4, -0.2) is 31.3 Å². The number of aromatic nitrogens is 1. The van der Waals surface area contributed by atoms with Gasteiger partial charge in [0.05, 0.1) is 6.61 Å². The zero-order chi connectivity index (χ0) is 13.0. The lowest BCUT2D eigenvalue weighted by Gasteiger charge is -2.15. The zero-order valence-corrected chi connectivity index (χ0v) is 11.5. The summed E-state index contributed by atoms with van der Waals surface area (Å²) in [5, 5.41) is 6.92. The molecule has 0 saturated heterocycles. The summed E-state index contributed by atoms with van der Waals surface area (Å²) in [7, 11) is 1.71. The second-order valence-electron chi connectivity index (χ2n) is 4.98. The van der Waals surface area contributed by atoms with Crippen molar-refractivity contribution < 1.29 is 4.74 Å². The smallest absolute Gasteiger partial charge is 0.131 e. The third-order valence-corrected chi connectivity index (χ3v) is 3.22. The molecule has 0 aromatic carbocycles. The van der Waals surface area contributed by atoms with Crippen LogP contribution in [0.25, 0.3) is 0 Å². The number of aryl methyl sites for hydroxylation is 2. The molecule has 4 nitrogen and oxygen atoms in total. The van der Waals surface area contributed by atoms with Gasteiger partial charge in [-0.3, -0.25) is 0 Å². The Hall–Kier alpha value is -1.13. The van der Waals surface area contributed by atoms with Gasteiger partial charge in [-0.25, -0.2) is 4.98 Å². The van der Waals surface area contributed by atoms with Gasteiger partial charge in [0.2, 0.25) is 0 Å². The molecule has 1 aromatic rings. The predicted octanol–water partition coefficient (Wildman–Crippen LogP) is 2.01. The van der Waals surface area contributed by atoms with E-state index in [4.69, 9.17) is 4.74 Å². The van der Waals surface area contributed by atoms with Crippen LogP contribution in [0, 0.1) is 13.8 Å². The third-order valence-electron chi connectivity index (χ3n) is 3.22. The minimum Gasteiger partial charge on any atom is -0.383 e. The quantitative estimate of drug-likeness (QED) is 0.726. The first-order valence-electron chi connectivity index (χ1n) is 6.64. The van der Waals surface area contributed by atoms with Gasteiger partial charge in [-0.1, -0.05) is 0 Å². The highest BCUT2D eigenvalue weighted by atomic mass is 16.5. The van der Waals surface area contributed by atoms with Gasteiger partial charge in [-0.15, -0.1) is 0 Å². The number of ether oxygens (including phenoxy) is 1. The number of rotatable bonds is 7. The minimum atomic E-state index is 0.699. The predicted molar refractivity (Wildman–Crippen MR) is 73.9 cm³/mol. The summed E-state index contributed by atoms with van der Waals surface area (Å²) in [6.07, 6.45) is 2.62. The van der Waals surface area contributed by atoms with E-state index in [2.05, 4.69) is 28.6 Å². The standard InChI is InChI=1S/C14H23N3O/c1-10-8-11(2)17-14(15-6-7-18-3)13(10)9-16-12-4-5-12/h8,12,16H,4-7,9H2,1-3H3,(H,15,17). The lowest BCUT2D eigenvalue weighted by atomic mass is 10.1. The van der Waals surface area contributed by atoms with E-state index in [-0.39, 0.29) is 0 Å². The van der Waals surface area contributed by atoms with E-state index < -0.39 is 0 Å². The fourth-order valence-corrected chi connectivity index (χ4v) is 2.04. The lowest BCUT2D eigenvalue weighted by molar-refractivity contribution is 0.210. The molecule has 0 spiro atoms. The summed E-state index contributed by atoms with van der Waals surface area (Å²) >= 11 is 0. The molecule has 2 N–H and O–H groups in total. The minimum absolute atomic E-state index is 0.699. The van der Waals surface area contributed by atoms with Gasteiger partial charge in [-0.2, -0.15) is 0 Å². The monoisotopic (exact) mass is 249 g/mol. The lowest BCUT2D eigenvalue weighted by Crippen LogP contribution is -2.19. The van der Waals surface area contributed by atoms with Gasteiger partial charge in [0.1, 0.15) is 5.82 Å². The summed E-state index contributed by atoms with van der Waals surface area (Å²) in [5.41, 5.74) is 3.64. The van der Waals surface area contributed by atoms with Crippen LogP contribution in [0.5, 0.6) is 0 Å². The van der Waals surface area contributed by atoms with Crippen molar-refractivity contribution >= 4 is 5.82 Å². The Bertz CT molecular complexity index is 402. The Kier molecular flexibility index (Phi) is 4.55. The van der Waals surface area contributed by atoms with Crippen LogP contribution in [0.1, 0.15) is 29.7 Å². The summed E-state index contributed by atoms with van der Waals surface area (Å²) in [5.74, 6) is 0.998. The zero-order valence-electron chi connectivity index (χ0n) is 11.5. The molecule has 1 aliphatic carbocycles. The number of anilines is 1. The fraction of sp³-hybridized carbons (Fsp3) is 0.643. The molecular weight excluding hydrogens is 226 g/mol. The van der Waals surface area contributed by atoms with E-state index in [9.17, 15) is 0 Å². The Morgan fingerprint density at radius 3 is 2.83 bits per heavy atom. The van der Waals surface area contributed by atoms with Crippen molar-refractivity contribution in [1.82, 2.24) is 10.3 Å². The van der Waals surface area contributed by atoms with Gasteiger partial charge in [-0.05, 0) is 38.3 Å². The van der Waals surface area contributed by atoms with Crippen LogP contribution in [-0.2, 0) is 11.3 Å². The van der Waals surface area contributed by atoms with Crippen LogP contribution >= 0.6 is 0 Å². The summed E-state index contributed by atoms with van der Waals surface area (Å²) in [6.45, 7) is 6.58. The van der Waals surface area contributed by atoms with Gasteiger partial charge in [0.25, 0.3) is 0 Å². The molecule has 1 saturated carbocycles. The van der Waals surface area contributed by atoms with Crippen molar-refractivity contribution in [1.29, 1.82) is 0 Å². The topological polar surface area (TPSA) is 46.2 Å². The molecule has 1 aliphatic rings. The molecule has 2 rings (SSSR count). The largest absolute Gasteiger partial charge is 0.383 e. The molecule has 1 aromatic heterocycles. The first-order valence-corrected chi connectivity index (χ1v) is 6.64. The van der Waals surface area contributed by atoms with Gasteiger partial charge >= 0.3 is 0 Å². The number of hydrogen-bond acceptors (Lipinski definition) is 4. The van der Waals surface area contributed by atoms with Crippen molar-refractivity contribution in [2.24, 2.45) is 0 Å². The highest BCUT2D eigenvalue weighted by Gasteiger charge is 2.21. The normalized spacial score (nSPS) is 14.8. The molecule has 1 fully saturated rings. The summed E-state index contributed by atoms with van der Waals surface area (Å²) in [6, 6.07) is 2.86. The van der Waals surface area contributed by atoms with Crippen LogP contribution in [0.4, 0.5) is 5.82 Å². The second kappa shape index (κ2) is 6.16. The molecule has 0 atom stereocenters. The number of nitrogens with one attached hydrogen (secondary N) is 2. The Balaban J connectivity index is 2.06. The SMILES string of the molecule is COCCNc1nc(C)cc(C)c1CNC1CC1.